The topological polar surface area (TPSA) is 75.3 Å². The van der Waals surface area contributed by atoms with Gasteiger partial charge in [-0.05, 0) is 48.9 Å². The van der Waals surface area contributed by atoms with Crippen molar-refractivity contribution in [3.05, 3.63) is 53.1 Å². The second-order valence-electron chi connectivity index (χ2n) is 4.54. The Bertz CT molecular complexity index is 626. The molecule has 0 aliphatic carbocycles. The van der Waals surface area contributed by atoms with Crippen LogP contribution >= 0.6 is 11.6 Å². The maximum atomic E-state index is 11.0. The Morgan fingerprint density at radius 1 is 1.25 bits per heavy atom. The Morgan fingerprint density at radius 3 is 2.50 bits per heavy atom. The van der Waals surface area contributed by atoms with Crippen LogP contribution in [0.5, 0.6) is 0 Å². The first-order valence-electron chi connectivity index (χ1n) is 6.12. The number of hydrogen-bond donors (Lipinski definition) is 3. The summed E-state index contributed by atoms with van der Waals surface area (Å²) in [7, 11) is 0. The summed E-state index contributed by atoms with van der Waals surface area (Å²) in [6.07, 6.45) is 0. The first-order valence-corrected chi connectivity index (χ1v) is 6.50. The lowest BCUT2D eigenvalue weighted by atomic mass is 10.0. The van der Waals surface area contributed by atoms with Gasteiger partial charge < -0.3 is 16.2 Å². The lowest BCUT2D eigenvalue weighted by molar-refractivity contribution is -0.138. The van der Waals surface area contributed by atoms with Crippen LogP contribution < -0.4 is 11.1 Å². The lowest BCUT2D eigenvalue weighted by Crippen LogP contribution is -2.08. The quantitative estimate of drug-likeness (QED) is 0.748. The molecule has 2 aromatic carbocycles. The minimum atomic E-state index is -0.868. The summed E-state index contributed by atoms with van der Waals surface area (Å²) in [6, 6.07) is 12.4. The molecule has 0 saturated heterocycles. The van der Waals surface area contributed by atoms with Crippen molar-refractivity contribution in [3.63, 3.8) is 0 Å². The van der Waals surface area contributed by atoms with E-state index in [1.165, 1.54) is 0 Å². The van der Waals surface area contributed by atoms with Crippen molar-refractivity contribution in [2.45, 2.75) is 12.8 Å². The predicted octanol–water partition coefficient (Wildman–Crippen LogP) is 3.85. The van der Waals surface area contributed by atoms with Gasteiger partial charge in [-0.15, -0.1) is 0 Å². The van der Waals surface area contributed by atoms with Gasteiger partial charge in [0.15, 0.2) is 0 Å². The van der Waals surface area contributed by atoms with Crippen LogP contribution in [-0.2, 0) is 4.79 Å². The minimum Gasteiger partial charge on any atom is -0.481 e. The van der Waals surface area contributed by atoms with Crippen LogP contribution in [0, 0.1) is 0 Å². The number of rotatable bonds is 4. The highest BCUT2D eigenvalue weighted by Crippen LogP contribution is 2.28. The van der Waals surface area contributed by atoms with E-state index in [2.05, 4.69) is 5.32 Å². The standard InChI is InChI=1S/C15H15ClN2O2/c1-9(15(19)20)10-2-7-13(17)14(8-10)18-12-5-3-11(16)4-6-12/h2-9,18H,17H2,1H3,(H,19,20). The fourth-order valence-electron chi connectivity index (χ4n) is 1.78. The third-order valence-electron chi connectivity index (χ3n) is 3.07. The number of anilines is 3. The highest BCUT2D eigenvalue weighted by molar-refractivity contribution is 6.30. The molecular formula is C15H15ClN2O2. The number of carboxylic acid groups (broad SMARTS) is 1. The second kappa shape index (κ2) is 5.84. The molecule has 0 spiro atoms. The molecule has 1 unspecified atom stereocenters. The number of nitrogen functional groups attached to an aromatic ring is 1. The van der Waals surface area contributed by atoms with Crippen molar-refractivity contribution in [1.29, 1.82) is 0 Å². The molecule has 0 amide bonds. The van der Waals surface area contributed by atoms with Crippen molar-refractivity contribution in [3.8, 4) is 0 Å². The SMILES string of the molecule is CC(C(=O)O)c1ccc(N)c(Nc2ccc(Cl)cc2)c1. The number of nitrogens with two attached hydrogens (primary N) is 1. The Kier molecular flexibility index (Phi) is 4.15. The zero-order valence-corrected chi connectivity index (χ0v) is 11.7. The molecule has 20 heavy (non-hydrogen) atoms. The average molecular weight is 291 g/mol. The third-order valence-corrected chi connectivity index (χ3v) is 3.32. The van der Waals surface area contributed by atoms with Crippen molar-refractivity contribution < 1.29 is 9.90 Å². The van der Waals surface area contributed by atoms with Gasteiger partial charge in [0.1, 0.15) is 0 Å². The molecule has 2 aromatic rings. The van der Waals surface area contributed by atoms with Gasteiger partial charge in [0.05, 0.1) is 17.3 Å². The van der Waals surface area contributed by atoms with Gasteiger partial charge in [-0.2, -0.15) is 0 Å². The van der Waals surface area contributed by atoms with E-state index in [4.69, 9.17) is 22.4 Å². The normalized spacial score (nSPS) is 11.9. The zero-order chi connectivity index (χ0) is 14.7. The monoisotopic (exact) mass is 290 g/mol. The number of carbonyl (C=O) groups is 1. The van der Waals surface area contributed by atoms with Crippen LogP contribution in [0.25, 0.3) is 0 Å². The van der Waals surface area contributed by atoms with Crippen molar-refractivity contribution >= 4 is 34.6 Å². The summed E-state index contributed by atoms with van der Waals surface area (Å²) in [5.74, 6) is -1.45. The van der Waals surface area contributed by atoms with Crippen LogP contribution in [0.15, 0.2) is 42.5 Å². The zero-order valence-electron chi connectivity index (χ0n) is 10.9. The Balaban J connectivity index is 2.29. The van der Waals surface area contributed by atoms with Gasteiger partial charge in [-0.1, -0.05) is 17.7 Å². The van der Waals surface area contributed by atoms with Gasteiger partial charge in [-0.3, -0.25) is 4.79 Å². The molecule has 0 aromatic heterocycles. The van der Waals surface area contributed by atoms with Gasteiger partial charge in [0, 0.05) is 10.7 Å². The van der Waals surface area contributed by atoms with Crippen LogP contribution in [0.1, 0.15) is 18.4 Å². The van der Waals surface area contributed by atoms with Gasteiger partial charge in [0.2, 0.25) is 0 Å². The molecule has 0 aliphatic heterocycles. The van der Waals surface area contributed by atoms with E-state index in [0.717, 1.165) is 5.69 Å². The second-order valence-corrected chi connectivity index (χ2v) is 4.97. The number of aliphatic carboxylic acids is 1. The number of halogens is 1. The molecule has 4 N–H and O–H groups in total. The van der Waals surface area contributed by atoms with Crippen LogP contribution in [0.3, 0.4) is 0 Å². The number of hydrogen-bond acceptors (Lipinski definition) is 3. The minimum absolute atomic E-state index is 0.557. The van der Waals surface area contributed by atoms with E-state index in [1.54, 1.807) is 37.3 Å². The van der Waals surface area contributed by atoms with Crippen LogP contribution in [0.2, 0.25) is 5.02 Å². The van der Waals surface area contributed by atoms with Crippen LogP contribution in [0.4, 0.5) is 17.1 Å². The fraction of sp³-hybridized carbons (Fsp3) is 0.133. The highest BCUT2D eigenvalue weighted by atomic mass is 35.5. The van der Waals surface area contributed by atoms with Gasteiger partial charge >= 0.3 is 5.97 Å². The van der Waals surface area contributed by atoms with Gasteiger partial charge in [-0.25, -0.2) is 0 Å². The van der Waals surface area contributed by atoms with Crippen molar-refractivity contribution in [2.24, 2.45) is 0 Å². The molecule has 5 heteroatoms. The van der Waals surface area contributed by atoms with E-state index in [9.17, 15) is 4.79 Å². The molecule has 2 rings (SSSR count). The molecule has 0 fully saturated rings. The highest BCUT2D eigenvalue weighted by Gasteiger charge is 2.14. The third kappa shape index (κ3) is 3.22. The predicted molar refractivity (Wildman–Crippen MR) is 81.6 cm³/mol. The Morgan fingerprint density at radius 2 is 1.90 bits per heavy atom. The molecule has 0 saturated carbocycles. The summed E-state index contributed by atoms with van der Waals surface area (Å²) in [4.78, 5) is 11.0. The molecule has 104 valence electrons. The summed E-state index contributed by atoms with van der Waals surface area (Å²) in [6.45, 7) is 1.64. The Labute approximate surface area is 122 Å². The molecule has 0 aliphatic rings. The number of carboxylic acids is 1. The molecular weight excluding hydrogens is 276 g/mol. The first kappa shape index (κ1) is 14.2. The van der Waals surface area contributed by atoms with E-state index in [1.807, 2.05) is 12.1 Å². The first-order chi connectivity index (χ1) is 9.47. The lowest BCUT2D eigenvalue weighted by Gasteiger charge is -2.13. The van der Waals surface area contributed by atoms with Crippen molar-refractivity contribution in [1.82, 2.24) is 0 Å². The van der Waals surface area contributed by atoms with Crippen molar-refractivity contribution in [2.75, 3.05) is 11.1 Å². The molecule has 0 heterocycles. The maximum Gasteiger partial charge on any atom is 0.310 e. The smallest absolute Gasteiger partial charge is 0.310 e. The molecule has 1 atom stereocenters. The molecule has 0 bridgehead atoms. The average Bonchev–Trinajstić information content (AvgIpc) is 2.43. The Hall–Kier alpha value is -2.20. The largest absolute Gasteiger partial charge is 0.481 e. The number of benzene rings is 2. The van der Waals surface area contributed by atoms with E-state index in [-0.39, 0.29) is 0 Å². The van der Waals surface area contributed by atoms with Crippen LogP contribution in [-0.4, -0.2) is 11.1 Å². The summed E-state index contributed by atoms with van der Waals surface area (Å²) in [5, 5.41) is 12.9. The summed E-state index contributed by atoms with van der Waals surface area (Å²) in [5.41, 5.74) is 8.67. The number of nitrogens with one attached hydrogen (secondary N) is 1. The van der Waals surface area contributed by atoms with E-state index in [0.29, 0.717) is 22.0 Å². The summed E-state index contributed by atoms with van der Waals surface area (Å²) >= 11 is 5.83. The molecule has 0 radical (unpaired) electrons. The van der Waals surface area contributed by atoms with E-state index < -0.39 is 11.9 Å². The molecule has 4 nitrogen and oxygen atoms in total. The fourth-order valence-corrected chi connectivity index (χ4v) is 1.91. The summed E-state index contributed by atoms with van der Waals surface area (Å²) < 4.78 is 0. The van der Waals surface area contributed by atoms with E-state index >= 15 is 0 Å². The van der Waals surface area contributed by atoms with Gasteiger partial charge in [0.25, 0.3) is 0 Å². The maximum absolute atomic E-state index is 11.0.